The fourth-order valence-electron chi connectivity index (χ4n) is 2.83. The van der Waals surface area contributed by atoms with Crippen LogP contribution in [0.1, 0.15) is 31.7 Å². The number of nitrogens with zero attached hydrogens (tertiary/aromatic N) is 2. The van der Waals surface area contributed by atoms with Crippen LogP contribution < -0.4 is 9.47 Å². The SMILES string of the molecule is CCCCCOC1=CCN(Cc2ccc(OC)c(OCCN(C)C)c2Cl)C=C1. The van der Waals surface area contributed by atoms with Gasteiger partial charge in [0.25, 0.3) is 0 Å². The van der Waals surface area contributed by atoms with Crippen molar-refractivity contribution in [2.75, 3.05) is 47.5 Å². The number of hydrogen-bond donors (Lipinski definition) is 0. The maximum absolute atomic E-state index is 6.64. The molecule has 0 atom stereocenters. The average Bonchev–Trinajstić information content (AvgIpc) is 2.69. The van der Waals surface area contributed by atoms with Gasteiger partial charge in [-0.3, -0.25) is 0 Å². The molecule has 1 heterocycles. The van der Waals surface area contributed by atoms with Crippen molar-refractivity contribution >= 4 is 11.6 Å². The molecule has 0 fully saturated rings. The summed E-state index contributed by atoms with van der Waals surface area (Å²) in [6.45, 7) is 5.83. The van der Waals surface area contributed by atoms with Gasteiger partial charge >= 0.3 is 0 Å². The normalized spacial score (nSPS) is 13.6. The molecule has 6 heteroatoms. The van der Waals surface area contributed by atoms with E-state index >= 15 is 0 Å². The predicted molar refractivity (Wildman–Crippen MR) is 115 cm³/mol. The lowest BCUT2D eigenvalue weighted by atomic mass is 10.1. The highest BCUT2D eigenvalue weighted by Gasteiger charge is 2.16. The highest BCUT2D eigenvalue weighted by atomic mass is 35.5. The summed E-state index contributed by atoms with van der Waals surface area (Å²) in [6.07, 6.45) is 9.69. The molecule has 0 saturated carbocycles. The Morgan fingerprint density at radius 3 is 2.61 bits per heavy atom. The molecule has 5 nitrogen and oxygen atoms in total. The maximum atomic E-state index is 6.64. The van der Waals surface area contributed by atoms with E-state index in [0.717, 1.165) is 37.4 Å². The third kappa shape index (κ3) is 6.95. The van der Waals surface area contributed by atoms with Crippen LogP contribution in [0.5, 0.6) is 11.5 Å². The second kappa shape index (κ2) is 11.9. The van der Waals surface area contributed by atoms with Crippen LogP contribution >= 0.6 is 11.6 Å². The van der Waals surface area contributed by atoms with Crippen LogP contribution in [0.3, 0.4) is 0 Å². The van der Waals surface area contributed by atoms with Crippen molar-refractivity contribution in [3.05, 3.63) is 46.8 Å². The largest absolute Gasteiger partial charge is 0.494 e. The van der Waals surface area contributed by atoms with Crippen LogP contribution in [0.2, 0.25) is 5.02 Å². The Bertz CT molecular complexity index is 674. The molecule has 1 aromatic rings. The molecule has 0 aliphatic carbocycles. The van der Waals surface area contributed by atoms with Gasteiger partial charge in [0, 0.05) is 25.8 Å². The smallest absolute Gasteiger partial charge is 0.180 e. The molecule has 0 spiro atoms. The molecule has 0 bridgehead atoms. The molecule has 1 aromatic carbocycles. The number of hydrogen-bond acceptors (Lipinski definition) is 5. The molecule has 0 amide bonds. The van der Waals surface area contributed by atoms with Gasteiger partial charge in [-0.1, -0.05) is 37.4 Å². The fraction of sp³-hybridized carbons (Fsp3) is 0.545. The molecular weight excluding hydrogens is 376 g/mol. The Balaban J connectivity index is 1.95. The van der Waals surface area contributed by atoms with E-state index in [9.17, 15) is 0 Å². The first-order valence-electron chi connectivity index (χ1n) is 9.93. The van der Waals surface area contributed by atoms with Crippen molar-refractivity contribution in [2.24, 2.45) is 0 Å². The first kappa shape index (κ1) is 22.4. The monoisotopic (exact) mass is 408 g/mol. The molecule has 28 heavy (non-hydrogen) atoms. The van der Waals surface area contributed by atoms with Crippen molar-refractivity contribution in [1.29, 1.82) is 0 Å². The van der Waals surface area contributed by atoms with Gasteiger partial charge < -0.3 is 24.0 Å². The maximum Gasteiger partial charge on any atom is 0.180 e. The zero-order valence-corrected chi connectivity index (χ0v) is 18.3. The molecule has 156 valence electrons. The average molecular weight is 409 g/mol. The van der Waals surface area contributed by atoms with Gasteiger partial charge in [0.05, 0.1) is 18.7 Å². The minimum absolute atomic E-state index is 0.553. The van der Waals surface area contributed by atoms with Gasteiger partial charge in [0.1, 0.15) is 12.4 Å². The first-order valence-corrected chi connectivity index (χ1v) is 10.3. The Morgan fingerprint density at radius 1 is 1.14 bits per heavy atom. The van der Waals surface area contributed by atoms with E-state index in [0.29, 0.717) is 29.7 Å². The number of unbranched alkanes of at least 4 members (excludes halogenated alkanes) is 2. The van der Waals surface area contributed by atoms with E-state index in [1.54, 1.807) is 7.11 Å². The minimum atomic E-state index is 0.553. The van der Waals surface area contributed by atoms with Crippen LogP contribution in [0.4, 0.5) is 0 Å². The number of methoxy groups -OCH3 is 1. The molecule has 1 aliphatic rings. The second-order valence-corrected chi connectivity index (χ2v) is 7.51. The molecule has 0 aromatic heterocycles. The predicted octanol–water partition coefficient (Wildman–Crippen LogP) is 4.71. The van der Waals surface area contributed by atoms with Gasteiger partial charge in [0.15, 0.2) is 11.5 Å². The van der Waals surface area contributed by atoms with Gasteiger partial charge in [0.2, 0.25) is 0 Å². The lowest BCUT2D eigenvalue weighted by molar-refractivity contribution is 0.211. The number of halogens is 1. The van der Waals surface area contributed by atoms with Crippen LogP contribution in [0.15, 0.2) is 36.2 Å². The summed E-state index contributed by atoms with van der Waals surface area (Å²) in [4.78, 5) is 4.26. The summed E-state index contributed by atoms with van der Waals surface area (Å²) >= 11 is 6.64. The second-order valence-electron chi connectivity index (χ2n) is 7.13. The topological polar surface area (TPSA) is 34.2 Å². The molecule has 0 saturated heterocycles. The molecule has 0 radical (unpaired) electrons. The van der Waals surface area contributed by atoms with Crippen LogP contribution in [0, 0.1) is 0 Å². The van der Waals surface area contributed by atoms with Gasteiger partial charge in [-0.25, -0.2) is 0 Å². The van der Waals surface area contributed by atoms with Crippen molar-refractivity contribution < 1.29 is 14.2 Å². The summed E-state index contributed by atoms with van der Waals surface area (Å²) < 4.78 is 17.1. The van der Waals surface area contributed by atoms with Crippen LogP contribution in [-0.2, 0) is 11.3 Å². The summed E-state index contributed by atoms with van der Waals surface area (Å²) in [7, 11) is 5.65. The van der Waals surface area contributed by atoms with Gasteiger partial charge in [-0.05, 0) is 44.3 Å². The fourth-order valence-corrected chi connectivity index (χ4v) is 3.10. The van der Waals surface area contributed by atoms with Gasteiger partial charge in [-0.15, -0.1) is 0 Å². The molecule has 2 rings (SSSR count). The molecule has 0 N–H and O–H groups in total. The summed E-state index contributed by atoms with van der Waals surface area (Å²) in [5, 5.41) is 0.608. The van der Waals surface area contributed by atoms with Crippen LogP contribution in [-0.4, -0.2) is 57.3 Å². The zero-order chi connectivity index (χ0) is 20.4. The van der Waals surface area contributed by atoms with E-state index in [2.05, 4.69) is 29.0 Å². The number of ether oxygens (including phenoxy) is 3. The highest BCUT2D eigenvalue weighted by Crippen LogP contribution is 2.38. The number of allylic oxidation sites excluding steroid dienone is 1. The zero-order valence-electron chi connectivity index (χ0n) is 17.5. The Kier molecular flexibility index (Phi) is 9.51. The van der Waals surface area contributed by atoms with Crippen LogP contribution in [0.25, 0.3) is 0 Å². The lowest BCUT2D eigenvalue weighted by Gasteiger charge is -2.24. The van der Waals surface area contributed by atoms with E-state index in [-0.39, 0.29) is 0 Å². The molecular formula is C22H33ClN2O3. The number of likely N-dealkylation sites (N-methyl/N-ethyl adjacent to an activating group) is 1. The van der Waals surface area contributed by atoms with Crippen molar-refractivity contribution in [1.82, 2.24) is 9.80 Å². The third-order valence-corrected chi connectivity index (χ3v) is 4.93. The van der Waals surface area contributed by atoms with E-state index in [4.69, 9.17) is 25.8 Å². The van der Waals surface area contributed by atoms with Crippen molar-refractivity contribution in [3.8, 4) is 11.5 Å². The summed E-state index contributed by atoms with van der Waals surface area (Å²) in [5.74, 6) is 2.21. The highest BCUT2D eigenvalue weighted by molar-refractivity contribution is 6.33. The first-order chi connectivity index (χ1) is 13.5. The summed E-state index contributed by atoms with van der Waals surface area (Å²) in [5.41, 5.74) is 1.01. The van der Waals surface area contributed by atoms with Gasteiger partial charge in [-0.2, -0.15) is 0 Å². The van der Waals surface area contributed by atoms with E-state index in [1.807, 2.05) is 32.3 Å². The third-order valence-electron chi connectivity index (χ3n) is 4.51. The lowest BCUT2D eigenvalue weighted by Crippen LogP contribution is -2.21. The number of benzene rings is 1. The summed E-state index contributed by atoms with van der Waals surface area (Å²) in [6, 6.07) is 3.91. The van der Waals surface area contributed by atoms with Crippen molar-refractivity contribution in [3.63, 3.8) is 0 Å². The van der Waals surface area contributed by atoms with Crippen molar-refractivity contribution in [2.45, 2.75) is 32.7 Å². The Hall–Kier alpha value is -1.85. The quantitative estimate of drug-likeness (QED) is 0.468. The number of rotatable bonds is 12. The molecule has 0 unspecified atom stereocenters. The standard InChI is InChI=1S/C22H33ClN2O3/c1-5-6-7-15-27-19-10-12-25(13-11-19)17-18-8-9-20(26-4)22(21(18)23)28-16-14-24(2)3/h8-12H,5-7,13-17H2,1-4H3. The Morgan fingerprint density at radius 2 is 1.96 bits per heavy atom. The minimum Gasteiger partial charge on any atom is -0.494 e. The molecule has 1 aliphatic heterocycles. The Labute approximate surface area is 174 Å². The van der Waals surface area contributed by atoms with E-state index in [1.165, 1.54) is 12.8 Å². The van der Waals surface area contributed by atoms with E-state index < -0.39 is 0 Å².